The third-order valence-corrected chi connectivity index (χ3v) is 5.84. The van der Waals surface area contributed by atoms with Crippen molar-refractivity contribution in [2.24, 2.45) is 0 Å². The topological polar surface area (TPSA) is 115 Å². The van der Waals surface area contributed by atoms with Crippen molar-refractivity contribution in [3.8, 4) is 0 Å². The van der Waals surface area contributed by atoms with Crippen LogP contribution in [-0.4, -0.2) is 57.3 Å². The minimum atomic E-state index is -1.36. The Balaban J connectivity index is 6.54. The van der Waals surface area contributed by atoms with E-state index in [4.69, 9.17) is 0 Å². The highest BCUT2D eigenvalue weighted by atomic mass is 16.4. The second-order valence-electron chi connectivity index (χ2n) is 8.03. The zero-order valence-corrected chi connectivity index (χ0v) is 19.1. The number of nitrogens with zero attached hydrogens (tertiary/aromatic N) is 1. The maximum Gasteiger partial charge on any atom is 0.362 e. The molecule has 0 aliphatic heterocycles. The highest BCUT2D eigenvalue weighted by Crippen LogP contribution is 2.33. The standard InChI is InChI=1S/C23H41NO6/c1-5-9-10-11-12-13-17-24(18(14-6-2)21(25)26,19(15-7-3)22(27)28)20(16-8-4)23(29)30/h11-12,18-20H,5-10,13-17H2,1-4H3,(H2-,25,26,27,28,29,30)/b12-11-. The number of allylic oxidation sites excluding steroid dienone is 1. The van der Waals surface area contributed by atoms with Gasteiger partial charge in [-0.25, -0.2) is 9.59 Å². The quantitative estimate of drug-likeness (QED) is 0.197. The van der Waals surface area contributed by atoms with E-state index in [0.29, 0.717) is 25.7 Å². The molecule has 7 nitrogen and oxygen atoms in total. The average molecular weight is 428 g/mol. The monoisotopic (exact) mass is 427 g/mol. The van der Waals surface area contributed by atoms with Crippen LogP contribution in [0, 0.1) is 0 Å². The lowest BCUT2D eigenvalue weighted by Crippen LogP contribution is -2.74. The number of carbonyl (C=O) groups is 3. The molecule has 0 rings (SSSR count). The minimum Gasteiger partial charge on any atom is -0.544 e. The van der Waals surface area contributed by atoms with Crippen molar-refractivity contribution in [3.63, 3.8) is 0 Å². The van der Waals surface area contributed by atoms with E-state index < -0.39 is 40.5 Å². The molecule has 0 aliphatic rings. The van der Waals surface area contributed by atoms with Crippen LogP contribution in [0.1, 0.15) is 91.9 Å². The molecule has 2 N–H and O–H groups in total. The van der Waals surface area contributed by atoms with Crippen LogP contribution in [0.2, 0.25) is 0 Å². The van der Waals surface area contributed by atoms with Crippen LogP contribution in [0.4, 0.5) is 0 Å². The van der Waals surface area contributed by atoms with E-state index in [0.717, 1.165) is 19.3 Å². The second kappa shape index (κ2) is 15.0. The van der Waals surface area contributed by atoms with Crippen molar-refractivity contribution >= 4 is 17.9 Å². The molecule has 0 heterocycles. The normalized spacial score (nSPS) is 16.7. The smallest absolute Gasteiger partial charge is 0.362 e. The maximum atomic E-state index is 12.3. The number of carboxylic acid groups (broad SMARTS) is 3. The van der Waals surface area contributed by atoms with Crippen molar-refractivity contribution in [2.75, 3.05) is 6.54 Å². The summed E-state index contributed by atoms with van der Waals surface area (Å²) in [5, 5.41) is 32.4. The van der Waals surface area contributed by atoms with E-state index in [1.807, 2.05) is 32.9 Å². The fourth-order valence-electron chi connectivity index (χ4n) is 4.49. The van der Waals surface area contributed by atoms with E-state index in [9.17, 15) is 29.7 Å². The van der Waals surface area contributed by atoms with Gasteiger partial charge in [0.15, 0.2) is 12.1 Å². The third-order valence-electron chi connectivity index (χ3n) is 5.84. The average Bonchev–Trinajstić information content (AvgIpc) is 2.68. The van der Waals surface area contributed by atoms with Crippen molar-refractivity contribution in [1.82, 2.24) is 0 Å². The summed E-state index contributed by atoms with van der Waals surface area (Å²) in [5.41, 5.74) is 0. The summed E-state index contributed by atoms with van der Waals surface area (Å²) in [4.78, 5) is 36.9. The molecule has 0 spiro atoms. The first-order chi connectivity index (χ1) is 14.2. The molecule has 174 valence electrons. The van der Waals surface area contributed by atoms with Crippen LogP contribution in [0.15, 0.2) is 12.2 Å². The molecular formula is C23H41NO6. The summed E-state index contributed by atoms with van der Waals surface area (Å²) in [6, 6.07) is -3.40. The molecule has 0 aromatic carbocycles. The van der Waals surface area contributed by atoms with Crippen LogP contribution in [0.5, 0.6) is 0 Å². The number of carboxylic acids is 3. The summed E-state index contributed by atoms with van der Waals surface area (Å²) in [6.07, 6.45) is 9.52. The zero-order valence-electron chi connectivity index (χ0n) is 19.1. The molecule has 0 fully saturated rings. The van der Waals surface area contributed by atoms with Gasteiger partial charge in [-0.1, -0.05) is 59.1 Å². The van der Waals surface area contributed by atoms with Gasteiger partial charge < -0.3 is 20.1 Å². The number of hydrogen-bond donors (Lipinski definition) is 2. The van der Waals surface area contributed by atoms with Crippen molar-refractivity contribution in [1.29, 1.82) is 0 Å². The molecule has 0 saturated heterocycles. The molecule has 0 radical (unpaired) electrons. The number of quaternary nitrogens is 1. The fourth-order valence-corrected chi connectivity index (χ4v) is 4.49. The van der Waals surface area contributed by atoms with Crippen LogP contribution >= 0.6 is 0 Å². The highest BCUT2D eigenvalue weighted by molar-refractivity contribution is 5.77. The molecule has 3 atom stereocenters. The second-order valence-corrected chi connectivity index (χ2v) is 8.03. The molecular weight excluding hydrogens is 386 g/mol. The van der Waals surface area contributed by atoms with Gasteiger partial charge in [0, 0.05) is 25.7 Å². The largest absolute Gasteiger partial charge is 0.544 e. The molecule has 0 saturated carbocycles. The predicted octanol–water partition coefficient (Wildman–Crippen LogP) is 3.36. The predicted molar refractivity (Wildman–Crippen MR) is 115 cm³/mol. The molecule has 0 bridgehead atoms. The SMILES string of the molecule is CCCC/C=C\CC[N+](C(CCC)C(=O)[O-])(C(CCC)C(=O)O)C(CCC)C(=O)O. The lowest BCUT2D eigenvalue weighted by Gasteiger charge is -2.52. The number of hydrogen-bond acceptors (Lipinski definition) is 4. The Morgan fingerprint density at radius 1 is 0.767 bits per heavy atom. The molecule has 7 heteroatoms. The number of unbranched alkanes of at least 4 members (excludes halogenated alkanes) is 2. The first-order valence-electron chi connectivity index (χ1n) is 11.4. The summed E-state index contributed by atoms with van der Waals surface area (Å²) in [5.74, 6) is -3.65. The summed E-state index contributed by atoms with van der Waals surface area (Å²) >= 11 is 0. The summed E-state index contributed by atoms with van der Waals surface area (Å²) in [7, 11) is 0. The Kier molecular flexibility index (Phi) is 14.0. The van der Waals surface area contributed by atoms with E-state index in [1.165, 1.54) is 0 Å². The van der Waals surface area contributed by atoms with Gasteiger partial charge >= 0.3 is 11.9 Å². The molecule has 0 aromatic rings. The third kappa shape index (κ3) is 7.74. The lowest BCUT2D eigenvalue weighted by atomic mass is 9.91. The van der Waals surface area contributed by atoms with E-state index in [-0.39, 0.29) is 25.8 Å². The van der Waals surface area contributed by atoms with Crippen molar-refractivity contribution in [3.05, 3.63) is 12.2 Å². The van der Waals surface area contributed by atoms with E-state index in [1.54, 1.807) is 0 Å². The van der Waals surface area contributed by atoms with Crippen molar-refractivity contribution in [2.45, 2.75) is 110 Å². The first kappa shape index (κ1) is 28.1. The molecule has 0 aliphatic carbocycles. The number of carbonyl (C=O) groups excluding carboxylic acids is 1. The molecule has 30 heavy (non-hydrogen) atoms. The Bertz CT molecular complexity index is 500. The first-order valence-corrected chi connectivity index (χ1v) is 11.4. The molecule has 0 aromatic heterocycles. The number of aliphatic carboxylic acids is 3. The Morgan fingerprint density at radius 2 is 1.20 bits per heavy atom. The lowest BCUT2D eigenvalue weighted by molar-refractivity contribution is -0.974. The fraction of sp³-hybridized carbons (Fsp3) is 0.783. The van der Waals surface area contributed by atoms with Gasteiger partial charge in [0.2, 0.25) is 0 Å². The van der Waals surface area contributed by atoms with Gasteiger partial charge in [0.05, 0.1) is 12.5 Å². The van der Waals surface area contributed by atoms with Gasteiger partial charge in [-0.3, -0.25) is 4.48 Å². The summed E-state index contributed by atoms with van der Waals surface area (Å²) < 4.78 is -0.485. The van der Waals surface area contributed by atoms with Crippen LogP contribution in [0.25, 0.3) is 0 Å². The van der Waals surface area contributed by atoms with Crippen LogP contribution < -0.4 is 5.11 Å². The van der Waals surface area contributed by atoms with Gasteiger partial charge in [0.25, 0.3) is 0 Å². The van der Waals surface area contributed by atoms with E-state index >= 15 is 0 Å². The molecule has 0 amide bonds. The van der Waals surface area contributed by atoms with Gasteiger partial charge in [0.1, 0.15) is 6.04 Å². The maximum absolute atomic E-state index is 12.3. The van der Waals surface area contributed by atoms with Crippen LogP contribution in [-0.2, 0) is 14.4 Å². The van der Waals surface area contributed by atoms with Crippen molar-refractivity contribution < 1.29 is 34.2 Å². The van der Waals surface area contributed by atoms with Gasteiger partial charge in [-0.05, 0) is 19.3 Å². The Hall–Kier alpha value is -1.89. The highest BCUT2D eigenvalue weighted by Gasteiger charge is 2.54. The Labute approximate surface area is 181 Å². The molecule has 3 unspecified atom stereocenters. The van der Waals surface area contributed by atoms with Gasteiger partial charge in [-0.15, -0.1) is 0 Å². The zero-order chi connectivity index (χ0) is 23.2. The number of rotatable bonds is 18. The Morgan fingerprint density at radius 3 is 1.57 bits per heavy atom. The summed E-state index contributed by atoms with van der Waals surface area (Å²) in [6.45, 7) is 7.72. The van der Waals surface area contributed by atoms with Gasteiger partial charge in [-0.2, -0.15) is 0 Å². The minimum absolute atomic E-state index is 0.148. The van der Waals surface area contributed by atoms with E-state index in [2.05, 4.69) is 6.92 Å². The van der Waals surface area contributed by atoms with Crippen LogP contribution in [0.3, 0.4) is 0 Å².